The molecule has 0 aliphatic heterocycles. The van der Waals surface area contributed by atoms with Crippen molar-refractivity contribution < 1.29 is 8.42 Å². The second kappa shape index (κ2) is 8.76. The third kappa shape index (κ3) is 4.54. The molecular formula is C21H16Cl2N2O2S. The molecule has 0 unspecified atom stereocenters. The maximum atomic E-state index is 13.3. The first-order valence-corrected chi connectivity index (χ1v) is 10.6. The summed E-state index contributed by atoms with van der Waals surface area (Å²) in [4.78, 5) is 0.0484. The SMILES string of the molecule is N#Cc1ccccc1CN(Cc1ccccc1)S(=O)(=O)c1ccc(Cl)c(Cl)c1. The van der Waals surface area contributed by atoms with Gasteiger partial charge >= 0.3 is 0 Å². The average Bonchev–Trinajstić information content (AvgIpc) is 2.70. The Labute approximate surface area is 174 Å². The zero-order chi connectivity index (χ0) is 20.1. The van der Waals surface area contributed by atoms with Crippen LogP contribution in [0.15, 0.2) is 77.7 Å². The van der Waals surface area contributed by atoms with Gasteiger partial charge in [-0.05, 0) is 35.4 Å². The molecule has 28 heavy (non-hydrogen) atoms. The van der Waals surface area contributed by atoms with Gasteiger partial charge in [0.15, 0.2) is 0 Å². The van der Waals surface area contributed by atoms with Crippen LogP contribution < -0.4 is 0 Å². The van der Waals surface area contributed by atoms with Crippen LogP contribution in [-0.2, 0) is 23.1 Å². The highest BCUT2D eigenvalue weighted by Gasteiger charge is 2.26. The second-order valence-corrected chi connectivity index (χ2v) is 8.86. The van der Waals surface area contributed by atoms with Crippen LogP contribution in [0.5, 0.6) is 0 Å². The van der Waals surface area contributed by atoms with Crippen molar-refractivity contribution in [1.82, 2.24) is 4.31 Å². The number of nitrogens with zero attached hydrogens (tertiary/aromatic N) is 2. The van der Waals surface area contributed by atoms with Crippen molar-refractivity contribution in [2.75, 3.05) is 0 Å². The van der Waals surface area contributed by atoms with E-state index in [2.05, 4.69) is 6.07 Å². The summed E-state index contributed by atoms with van der Waals surface area (Å²) >= 11 is 12.0. The van der Waals surface area contributed by atoms with E-state index >= 15 is 0 Å². The molecule has 0 fully saturated rings. The van der Waals surface area contributed by atoms with Gasteiger partial charge in [0.05, 0.1) is 26.6 Å². The molecule has 0 aliphatic rings. The molecule has 0 aromatic heterocycles. The van der Waals surface area contributed by atoms with E-state index in [0.717, 1.165) is 5.56 Å². The van der Waals surface area contributed by atoms with Crippen molar-refractivity contribution in [1.29, 1.82) is 5.26 Å². The molecule has 142 valence electrons. The Bertz CT molecular complexity index is 1130. The van der Waals surface area contributed by atoms with Gasteiger partial charge in [-0.1, -0.05) is 71.7 Å². The topological polar surface area (TPSA) is 61.2 Å². The molecule has 0 spiro atoms. The van der Waals surface area contributed by atoms with Crippen molar-refractivity contribution in [3.8, 4) is 6.07 Å². The van der Waals surface area contributed by atoms with Gasteiger partial charge in [0, 0.05) is 13.1 Å². The van der Waals surface area contributed by atoms with Gasteiger partial charge in [0.25, 0.3) is 0 Å². The molecular weight excluding hydrogens is 415 g/mol. The molecule has 0 saturated carbocycles. The minimum atomic E-state index is -3.88. The van der Waals surface area contributed by atoms with Crippen LogP contribution in [0, 0.1) is 11.3 Å². The van der Waals surface area contributed by atoms with E-state index in [1.165, 1.54) is 22.5 Å². The predicted molar refractivity (Wildman–Crippen MR) is 110 cm³/mol. The lowest BCUT2D eigenvalue weighted by molar-refractivity contribution is 0.401. The summed E-state index contributed by atoms with van der Waals surface area (Å²) in [5.41, 5.74) is 1.90. The summed E-state index contributed by atoms with van der Waals surface area (Å²) < 4.78 is 28.0. The lowest BCUT2D eigenvalue weighted by atomic mass is 10.1. The lowest BCUT2D eigenvalue weighted by Gasteiger charge is -2.23. The van der Waals surface area contributed by atoms with Crippen LogP contribution in [0.25, 0.3) is 0 Å². The van der Waals surface area contributed by atoms with E-state index in [9.17, 15) is 13.7 Å². The summed E-state index contributed by atoms with van der Waals surface area (Å²) in [6.45, 7) is 0.213. The Morgan fingerprint density at radius 1 is 0.857 bits per heavy atom. The quantitative estimate of drug-likeness (QED) is 0.535. The van der Waals surface area contributed by atoms with Gasteiger partial charge in [0.1, 0.15) is 0 Å². The number of hydrogen-bond donors (Lipinski definition) is 0. The van der Waals surface area contributed by atoms with Crippen LogP contribution in [-0.4, -0.2) is 12.7 Å². The Kier molecular flexibility index (Phi) is 6.38. The Balaban J connectivity index is 2.04. The first kappa shape index (κ1) is 20.4. The fraction of sp³-hybridized carbons (Fsp3) is 0.0952. The molecule has 0 amide bonds. The normalized spacial score (nSPS) is 11.4. The van der Waals surface area contributed by atoms with Gasteiger partial charge in [0.2, 0.25) is 10.0 Å². The van der Waals surface area contributed by atoms with E-state index in [1.54, 1.807) is 24.3 Å². The van der Waals surface area contributed by atoms with Gasteiger partial charge < -0.3 is 0 Å². The Hall–Kier alpha value is -2.36. The van der Waals surface area contributed by atoms with Gasteiger partial charge in [-0.2, -0.15) is 9.57 Å². The maximum absolute atomic E-state index is 13.3. The van der Waals surface area contributed by atoms with Crippen molar-refractivity contribution in [2.24, 2.45) is 0 Å². The fourth-order valence-electron chi connectivity index (χ4n) is 2.76. The molecule has 3 rings (SSSR count). The molecule has 0 atom stereocenters. The molecule has 0 aliphatic carbocycles. The van der Waals surface area contributed by atoms with Crippen LogP contribution in [0.3, 0.4) is 0 Å². The first-order chi connectivity index (χ1) is 13.4. The summed E-state index contributed by atoms with van der Waals surface area (Å²) in [5.74, 6) is 0. The zero-order valence-corrected chi connectivity index (χ0v) is 17.0. The van der Waals surface area contributed by atoms with E-state index in [1.807, 2.05) is 30.3 Å². The lowest BCUT2D eigenvalue weighted by Crippen LogP contribution is -2.30. The molecule has 0 N–H and O–H groups in total. The average molecular weight is 431 g/mol. The Morgan fingerprint density at radius 3 is 2.21 bits per heavy atom. The molecule has 4 nitrogen and oxygen atoms in total. The van der Waals surface area contributed by atoms with Crippen molar-refractivity contribution in [3.05, 3.63) is 99.5 Å². The summed E-state index contributed by atoms with van der Waals surface area (Å²) in [5, 5.41) is 9.81. The largest absolute Gasteiger partial charge is 0.243 e. The fourth-order valence-corrected chi connectivity index (χ4v) is 4.55. The minimum Gasteiger partial charge on any atom is -0.207 e. The number of rotatable bonds is 6. The highest BCUT2D eigenvalue weighted by Crippen LogP contribution is 2.28. The molecule has 0 saturated heterocycles. The van der Waals surface area contributed by atoms with Gasteiger partial charge in [-0.3, -0.25) is 0 Å². The van der Waals surface area contributed by atoms with E-state index < -0.39 is 10.0 Å². The molecule has 3 aromatic rings. The zero-order valence-electron chi connectivity index (χ0n) is 14.7. The monoisotopic (exact) mass is 430 g/mol. The predicted octanol–water partition coefficient (Wildman–Crippen LogP) is 5.26. The number of halogens is 2. The van der Waals surface area contributed by atoms with Crippen molar-refractivity contribution in [2.45, 2.75) is 18.0 Å². The first-order valence-electron chi connectivity index (χ1n) is 8.39. The molecule has 7 heteroatoms. The number of sulfonamides is 1. The Morgan fingerprint density at radius 2 is 1.54 bits per heavy atom. The summed E-state index contributed by atoms with van der Waals surface area (Å²) in [6.07, 6.45) is 0. The van der Waals surface area contributed by atoms with E-state index in [0.29, 0.717) is 11.1 Å². The van der Waals surface area contributed by atoms with Crippen LogP contribution in [0.2, 0.25) is 10.0 Å². The highest BCUT2D eigenvalue weighted by atomic mass is 35.5. The minimum absolute atomic E-state index is 0.0484. The smallest absolute Gasteiger partial charge is 0.207 e. The number of hydrogen-bond acceptors (Lipinski definition) is 3. The highest BCUT2D eigenvalue weighted by molar-refractivity contribution is 7.89. The number of benzene rings is 3. The summed E-state index contributed by atoms with van der Waals surface area (Å²) in [7, 11) is -3.88. The molecule has 0 radical (unpaired) electrons. The van der Waals surface area contributed by atoms with E-state index in [4.69, 9.17) is 23.2 Å². The van der Waals surface area contributed by atoms with Crippen molar-refractivity contribution in [3.63, 3.8) is 0 Å². The number of nitriles is 1. The third-order valence-electron chi connectivity index (χ3n) is 4.22. The van der Waals surface area contributed by atoms with Crippen LogP contribution in [0.4, 0.5) is 0 Å². The van der Waals surface area contributed by atoms with E-state index in [-0.39, 0.29) is 28.0 Å². The summed E-state index contributed by atoms with van der Waals surface area (Å²) in [6, 6.07) is 22.6. The second-order valence-electron chi connectivity index (χ2n) is 6.10. The maximum Gasteiger partial charge on any atom is 0.243 e. The standard InChI is InChI=1S/C21H16Cl2N2O2S/c22-20-11-10-19(12-21(20)23)28(26,27)25(14-16-6-2-1-3-7-16)15-18-9-5-4-8-17(18)13-24/h1-12H,14-15H2. The third-order valence-corrected chi connectivity index (χ3v) is 6.74. The van der Waals surface area contributed by atoms with Gasteiger partial charge in [-0.15, -0.1) is 0 Å². The van der Waals surface area contributed by atoms with Crippen LogP contribution in [0.1, 0.15) is 16.7 Å². The molecule has 0 heterocycles. The molecule has 3 aromatic carbocycles. The van der Waals surface area contributed by atoms with Crippen molar-refractivity contribution >= 4 is 33.2 Å². The van der Waals surface area contributed by atoms with Gasteiger partial charge in [-0.25, -0.2) is 8.42 Å². The molecule has 0 bridgehead atoms. The van der Waals surface area contributed by atoms with Crippen LogP contribution >= 0.6 is 23.2 Å².